The summed E-state index contributed by atoms with van der Waals surface area (Å²) in [5, 5.41) is -0.521. The zero-order chi connectivity index (χ0) is 21.4. The molecule has 0 N–H and O–H groups in total. The zero-order valence-corrected chi connectivity index (χ0v) is 20.9. The molecule has 0 bridgehead atoms. The number of halogens is 2. The number of allylic oxidation sites excluding steroid dienone is 3. The van der Waals surface area contributed by atoms with E-state index >= 15 is 0 Å². The van der Waals surface area contributed by atoms with Crippen LogP contribution in [0.15, 0.2) is 33.4 Å². The number of alkyl halides is 1. The molecule has 0 aromatic carbocycles. The fraction of sp³-hybridized carbons (Fsp3) is 0.667. The molecule has 0 spiro atoms. The Morgan fingerprint density at radius 2 is 1.82 bits per heavy atom. The molecule has 1 atom stereocenters. The third-order valence-corrected chi connectivity index (χ3v) is 8.38. The van der Waals surface area contributed by atoms with Crippen LogP contribution < -0.4 is 0 Å². The van der Waals surface area contributed by atoms with E-state index in [1.807, 2.05) is 18.0 Å². The largest absolute Gasteiger partial charge is 0.378 e. The highest BCUT2D eigenvalue weighted by Gasteiger charge is 2.44. The number of sulfonamides is 1. The molecule has 28 heavy (non-hydrogen) atoms. The Morgan fingerprint density at radius 3 is 2.29 bits per heavy atom. The molecule has 1 unspecified atom stereocenters. The van der Waals surface area contributed by atoms with E-state index in [0.29, 0.717) is 43.1 Å². The van der Waals surface area contributed by atoms with Gasteiger partial charge in [-0.3, -0.25) is 0 Å². The van der Waals surface area contributed by atoms with Gasteiger partial charge in [-0.1, -0.05) is 22.6 Å². The predicted octanol–water partition coefficient (Wildman–Crippen LogP) is 3.57. The number of morpholine rings is 1. The van der Waals surface area contributed by atoms with E-state index in [-0.39, 0.29) is 9.94 Å². The summed E-state index contributed by atoms with van der Waals surface area (Å²) in [5.41, 5.74) is 0.851. The first-order valence-corrected chi connectivity index (χ1v) is 14.3. The van der Waals surface area contributed by atoms with Gasteiger partial charge in [-0.25, -0.2) is 8.42 Å². The number of hydroxylamine groups is 1. The molecular formula is C18H30Cl2N2O4SSi. The summed E-state index contributed by atoms with van der Waals surface area (Å²) in [4.78, 5) is 2.00. The van der Waals surface area contributed by atoms with Crippen molar-refractivity contribution in [3.63, 3.8) is 0 Å². The summed E-state index contributed by atoms with van der Waals surface area (Å²) in [5.74, 6) is 0. The molecule has 10 heteroatoms. The Hall–Kier alpha value is -0.353. The molecular weight excluding hydrogens is 439 g/mol. The van der Waals surface area contributed by atoms with Crippen LogP contribution in [0.4, 0.5) is 0 Å². The highest BCUT2D eigenvalue weighted by Crippen LogP contribution is 2.44. The molecule has 0 saturated carbocycles. The van der Waals surface area contributed by atoms with Gasteiger partial charge in [0.1, 0.15) is 4.91 Å². The van der Waals surface area contributed by atoms with Crippen molar-refractivity contribution in [2.24, 2.45) is 0 Å². The van der Waals surface area contributed by atoms with Gasteiger partial charge in [-0.05, 0) is 51.9 Å². The molecule has 0 radical (unpaired) electrons. The lowest BCUT2D eigenvalue weighted by molar-refractivity contribution is -0.0386. The van der Waals surface area contributed by atoms with Gasteiger partial charge in [-0.15, -0.1) is 11.6 Å². The Labute approximate surface area is 180 Å². The predicted molar refractivity (Wildman–Crippen MR) is 117 cm³/mol. The minimum absolute atomic E-state index is 0.00707. The Balaban J connectivity index is 2.65. The van der Waals surface area contributed by atoms with Gasteiger partial charge < -0.3 is 14.2 Å². The summed E-state index contributed by atoms with van der Waals surface area (Å²) in [6.45, 7) is 17.2. The van der Waals surface area contributed by atoms with Crippen molar-refractivity contribution in [3.05, 3.63) is 33.4 Å². The molecule has 1 fully saturated rings. The van der Waals surface area contributed by atoms with Crippen LogP contribution >= 0.6 is 23.2 Å². The second-order valence-electron chi connectivity index (χ2n) is 8.22. The van der Waals surface area contributed by atoms with Crippen molar-refractivity contribution >= 4 is 42.3 Å². The first-order valence-electron chi connectivity index (χ1n) is 9.29. The van der Waals surface area contributed by atoms with E-state index in [4.69, 9.17) is 32.5 Å². The average Bonchev–Trinajstić information content (AvgIpc) is 2.57. The molecule has 0 aromatic rings. The van der Waals surface area contributed by atoms with Crippen molar-refractivity contribution in [1.29, 1.82) is 0 Å². The van der Waals surface area contributed by atoms with Crippen LogP contribution in [-0.2, 0) is 19.3 Å². The van der Waals surface area contributed by atoms with Gasteiger partial charge in [-0.2, -0.15) is 0 Å². The minimum atomic E-state index is -4.05. The van der Waals surface area contributed by atoms with E-state index < -0.39 is 30.0 Å². The van der Waals surface area contributed by atoms with E-state index in [9.17, 15) is 8.42 Å². The van der Waals surface area contributed by atoms with Crippen LogP contribution in [0.25, 0.3) is 0 Å². The first kappa shape index (κ1) is 23.9. The molecule has 2 aliphatic rings. The highest BCUT2D eigenvalue weighted by molar-refractivity contribution is 7.93. The third-order valence-electron chi connectivity index (χ3n) is 4.41. The van der Waals surface area contributed by atoms with Crippen molar-refractivity contribution in [3.8, 4) is 0 Å². The van der Waals surface area contributed by atoms with Gasteiger partial charge in [0.15, 0.2) is 0 Å². The van der Waals surface area contributed by atoms with Gasteiger partial charge in [0.2, 0.25) is 9.04 Å². The lowest BCUT2D eigenvalue weighted by Gasteiger charge is -2.40. The number of rotatable bonds is 5. The number of ether oxygens (including phenoxy) is 1. The SMILES string of the molecule is C=C1C(N2CCOCC2)=C(Cl)C(S(=O)(=O)N(O[SiH](C)C)C(C)(C)C)=C(C)C1Cl. The normalized spacial score (nSPS) is 22.7. The Morgan fingerprint density at radius 1 is 1.29 bits per heavy atom. The molecule has 1 heterocycles. The molecule has 0 amide bonds. The summed E-state index contributed by atoms with van der Waals surface area (Å²) < 4.78 is 39.7. The fourth-order valence-electron chi connectivity index (χ4n) is 3.21. The van der Waals surface area contributed by atoms with E-state index in [0.717, 1.165) is 4.47 Å². The maximum absolute atomic E-state index is 13.7. The second-order valence-corrected chi connectivity index (χ2v) is 13.0. The van der Waals surface area contributed by atoms with Crippen LogP contribution in [0, 0.1) is 0 Å². The topological polar surface area (TPSA) is 59.1 Å². The van der Waals surface area contributed by atoms with Gasteiger partial charge >= 0.3 is 0 Å². The quantitative estimate of drug-likeness (QED) is 0.350. The van der Waals surface area contributed by atoms with E-state index in [1.54, 1.807) is 27.7 Å². The molecule has 6 nitrogen and oxygen atoms in total. The number of hydrogen-bond donors (Lipinski definition) is 0. The highest BCUT2D eigenvalue weighted by atomic mass is 35.5. The van der Waals surface area contributed by atoms with Gasteiger partial charge in [0, 0.05) is 13.1 Å². The van der Waals surface area contributed by atoms with Gasteiger partial charge in [0.25, 0.3) is 10.0 Å². The maximum atomic E-state index is 13.7. The van der Waals surface area contributed by atoms with Crippen LogP contribution in [0.5, 0.6) is 0 Å². The van der Waals surface area contributed by atoms with E-state index in [1.165, 1.54) is 0 Å². The first-order chi connectivity index (χ1) is 12.8. The summed E-state index contributed by atoms with van der Waals surface area (Å²) in [6, 6.07) is 0. The smallest absolute Gasteiger partial charge is 0.266 e. The molecule has 1 aliphatic heterocycles. The molecule has 160 valence electrons. The van der Waals surface area contributed by atoms with Gasteiger partial charge in [0.05, 0.1) is 34.9 Å². The maximum Gasteiger partial charge on any atom is 0.266 e. The van der Waals surface area contributed by atoms with E-state index in [2.05, 4.69) is 6.58 Å². The molecule has 1 aliphatic carbocycles. The number of hydrogen-bond acceptors (Lipinski definition) is 5. The second kappa shape index (κ2) is 8.79. The summed E-state index contributed by atoms with van der Waals surface area (Å²) in [7, 11) is -5.76. The Bertz CT molecular complexity index is 797. The summed E-state index contributed by atoms with van der Waals surface area (Å²) in [6.07, 6.45) is 0. The molecule has 2 rings (SSSR count). The van der Waals surface area contributed by atoms with Crippen LogP contribution in [-0.4, -0.2) is 64.0 Å². The van der Waals surface area contributed by atoms with Crippen LogP contribution in [0.2, 0.25) is 13.1 Å². The monoisotopic (exact) mass is 468 g/mol. The van der Waals surface area contributed by atoms with Crippen molar-refractivity contribution < 1.29 is 17.7 Å². The van der Waals surface area contributed by atoms with Crippen molar-refractivity contribution in [1.82, 2.24) is 9.37 Å². The van der Waals surface area contributed by atoms with Crippen molar-refractivity contribution in [2.75, 3.05) is 26.3 Å². The third kappa shape index (κ3) is 4.69. The summed E-state index contributed by atoms with van der Waals surface area (Å²) >= 11 is 13.3. The fourth-order valence-corrected chi connectivity index (χ4v) is 7.58. The van der Waals surface area contributed by atoms with Crippen LogP contribution in [0.1, 0.15) is 27.7 Å². The lowest BCUT2D eigenvalue weighted by Crippen LogP contribution is -2.49. The average molecular weight is 470 g/mol. The standard InChI is InChI=1S/C18H30Cl2N2O4SSi/c1-12-14(19)13(2)17(15(20)16(12)21-8-10-25-11-9-21)27(23,24)22(18(3,4)5)26-28(6)7/h14,28H,1,8-11H2,2-7H3. The lowest BCUT2D eigenvalue weighted by atomic mass is 9.97. The van der Waals surface area contributed by atoms with Crippen molar-refractivity contribution in [2.45, 2.75) is 51.7 Å². The molecule has 1 saturated heterocycles. The minimum Gasteiger partial charge on any atom is -0.378 e. The number of nitrogens with zero attached hydrogens (tertiary/aromatic N) is 2. The van der Waals surface area contributed by atoms with Crippen LogP contribution in [0.3, 0.4) is 0 Å². The molecule has 0 aromatic heterocycles. The zero-order valence-electron chi connectivity index (χ0n) is 17.4. The Kier molecular flexibility index (Phi) is 7.51.